The normalized spacial score (nSPS) is 16.6. The quantitative estimate of drug-likeness (QED) is 0.231. The number of benzene rings is 4. The molecule has 4 aromatic rings. The highest BCUT2D eigenvalue weighted by molar-refractivity contribution is 8.04. The van der Waals surface area contributed by atoms with Gasteiger partial charge in [0.2, 0.25) is 0 Å². The van der Waals surface area contributed by atoms with E-state index < -0.39 is 0 Å². The van der Waals surface area contributed by atoms with Crippen molar-refractivity contribution in [2.45, 2.75) is 18.0 Å². The molecule has 41 heavy (non-hydrogen) atoms. The summed E-state index contributed by atoms with van der Waals surface area (Å²) in [6, 6.07) is 33.5. The predicted octanol–water partition coefficient (Wildman–Crippen LogP) is 6.98. The molecule has 2 heterocycles. The molecular weight excluding hydrogens is 550 g/mol. The van der Waals surface area contributed by atoms with E-state index in [1.54, 1.807) is 4.90 Å². The van der Waals surface area contributed by atoms with Gasteiger partial charge in [-0.1, -0.05) is 90.1 Å². The van der Waals surface area contributed by atoms with Crippen molar-refractivity contribution in [1.29, 1.82) is 0 Å². The lowest BCUT2D eigenvalue weighted by atomic mass is 10.1. The Hall–Kier alpha value is -3.84. The molecular formula is C34H30ClN3O2S. The van der Waals surface area contributed by atoms with Crippen LogP contribution < -0.4 is 4.90 Å². The Balaban J connectivity index is 1.13. The third-order valence-corrected chi connectivity index (χ3v) is 8.74. The SMILES string of the molecule is O=C(c1ccc(C=C2Sc3ccccc3N(Cc3cccc(Cl)c3)C2=O)cc1)N1CCN(Cc2ccccc2)CC1. The number of anilines is 1. The van der Waals surface area contributed by atoms with E-state index in [4.69, 9.17) is 11.6 Å². The van der Waals surface area contributed by atoms with Crippen molar-refractivity contribution in [1.82, 2.24) is 9.80 Å². The fraction of sp³-hybridized carbons (Fsp3) is 0.176. The Bertz CT molecular complexity index is 1580. The number of thioether (sulfide) groups is 1. The molecule has 1 fully saturated rings. The van der Waals surface area contributed by atoms with Gasteiger partial charge in [-0.15, -0.1) is 0 Å². The van der Waals surface area contributed by atoms with Gasteiger partial charge in [-0.3, -0.25) is 14.5 Å². The number of hydrogen-bond donors (Lipinski definition) is 0. The lowest BCUT2D eigenvalue weighted by Gasteiger charge is -2.34. The van der Waals surface area contributed by atoms with Crippen molar-refractivity contribution in [3.05, 3.63) is 135 Å². The second-order valence-corrected chi connectivity index (χ2v) is 11.8. The third kappa shape index (κ3) is 6.41. The van der Waals surface area contributed by atoms with E-state index in [-0.39, 0.29) is 11.8 Å². The van der Waals surface area contributed by atoms with E-state index in [9.17, 15) is 9.59 Å². The molecule has 0 aliphatic carbocycles. The minimum atomic E-state index is -0.0535. The van der Waals surface area contributed by atoms with Crippen molar-refractivity contribution in [2.24, 2.45) is 0 Å². The summed E-state index contributed by atoms with van der Waals surface area (Å²) in [7, 11) is 0. The molecule has 2 aliphatic heterocycles. The highest BCUT2D eigenvalue weighted by Crippen LogP contribution is 2.42. The molecule has 7 heteroatoms. The maximum absolute atomic E-state index is 13.6. The molecule has 0 spiro atoms. The van der Waals surface area contributed by atoms with Crippen LogP contribution >= 0.6 is 23.4 Å². The minimum Gasteiger partial charge on any atom is -0.336 e. The molecule has 5 nitrogen and oxygen atoms in total. The summed E-state index contributed by atoms with van der Waals surface area (Å²) in [5, 5.41) is 0.647. The molecule has 1 saturated heterocycles. The molecule has 0 radical (unpaired) electrons. The Kier molecular flexibility index (Phi) is 8.23. The van der Waals surface area contributed by atoms with Crippen molar-refractivity contribution < 1.29 is 9.59 Å². The number of halogens is 1. The van der Waals surface area contributed by atoms with Crippen molar-refractivity contribution in [2.75, 3.05) is 31.1 Å². The summed E-state index contributed by atoms with van der Waals surface area (Å²) in [6.45, 7) is 4.48. The Labute approximate surface area is 250 Å². The van der Waals surface area contributed by atoms with Gasteiger partial charge in [0.05, 0.1) is 17.1 Å². The first-order valence-electron chi connectivity index (χ1n) is 13.7. The van der Waals surface area contributed by atoms with Crippen LogP contribution in [0.2, 0.25) is 5.02 Å². The minimum absolute atomic E-state index is 0.0494. The van der Waals surface area contributed by atoms with E-state index in [1.807, 2.05) is 89.8 Å². The summed E-state index contributed by atoms with van der Waals surface area (Å²) < 4.78 is 0. The van der Waals surface area contributed by atoms with Crippen molar-refractivity contribution >= 4 is 46.9 Å². The van der Waals surface area contributed by atoms with Gasteiger partial charge < -0.3 is 9.80 Å². The monoisotopic (exact) mass is 579 g/mol. The highest BCUT2D eigenvalue weighted by atomic mass is 35.5. The van der Waals surface area contributed by atoms with Gasteiger partial charge >= 0.3 is 0 Å². The second-order valence-electron chi connectivity index (χ2n) is 10.3. The summed E-state index contributed by atoms with van der Waals surface area (Å²) >= 11 is 7.68. The van der Waals surface area contributed by atoms with Crippen LogP contribution in [0.15, 0.2) is 113 Å². The maximum Gasteiger partial charge on any atom is 0.265 e. The molecule has 6 rings (SSSR count). The van der Waals surface area contributed by atoms with E-state index >= 15 is 0 Å². The van der Waals surface area contributed by atoms with Crippen LogP contribution in [0.5, 0.6) is 0 Å². The van der Waals surface area contributed by atoms with Crippen molar-refractivity contribution in [3.63, 3.8) is 0 Å². The summed E-state index contributed by atoms with van der Waals surface area (Å²) in [5.41, 5.74) is 4.70. The Morgan fingerprint density at radius 3 is 2.24 bits per heavy atom. The second kappa shape index (κ2) is 12.4. The summed E-state index contributed by atoms with van der Waals surface area (Å²) in [4.78, 5) is 34.6. The molecule has 0 atom stereocenters. The van der Waals surface area contributed by atoms with Crippen LogP contribution in [-0.4, -0.2) is 47.8 Å². The topological polar surface area (TPSA) is 43.9 Å². The molecule has 0 bridgehead atoms. The fourth-order valence-electron chi connectivity index (χ4n) is 5.24. The molecule has 0 unspecified atom stereocenters. The van der Waals surface area contributed by atoms with Gasteiger partial charge in [-0.05, 0) is 59.2 Å². The summed E-state index contributed by atoms with van der Waals surface area (Å²) in [5.74, 6) is -0.00416. The number of amides is 2. The number of fused-ring (bicyclic) bond motifs is 1. The third-order valence-electron chi connectivity index (χ3n) is 7.43. The predicted molar refractivity (Wildman–Crippen MR) is 167 cm³/mol. The van der Waals surface area contributed by atoms with E-state index in [1.165, 1.54) is 17.3 Å². The molecule has 4 aromatic carbocycles. The molecule has 0 N–H and O–H groups in total. The van der Waals surface area contributed by atoms with E-state index in [0.29, 0.717) is 35.1 Å². The maximum atomic E-state index is 13.6. The van der Waals surface area contributed by atoms with Crippen LogP contribution in [-0.2, 0) is 17.9 Å². The van der Waals surface area contributed by atoms with Gasteiger partial charge in [0.25, 0.3) is 11.8 Å². The first kappa shape index (κ1) is 27.3. The molecule has 0 saturated carbocycles. The number of carbonyl (C=O) groups excluding carboxylic acids is 2. The first-order valence-corrected chi connectivity index (χ1v) is 14.9. The zero-order valence-corrected chi connectivity index (χ0v) is 24.2. The molecule has 2 amide bonds. The fourth-order valence-corrected chi connectivity index (χ4v) is 6.52. The molecule has 0 aromatic heterocycles. The highest BCUT2D eigenvalue weighted by Gasteiger charge is 2.29. The zero-order valence-electron chi connectivity index (χ0n) is 22.6. The van der Waals surface area contributed by atoms with Crippen LogP contribution in [0.1, 0.15) is 27.0 Å². The van der Waals surface area contributed by atoms with Gasteiger partial charge in [-0.2, -0.15) is 0 Å². The van der Waals surface area contributed by atoms with Crippen molar-refractivity contribution in [3.8, 4) is 0 Å². The van der Waals surface area contributed by atoms with Gasteiger partial charge in [0, 0.05) is 48.2 Å². The number of nitrogens with zero attached hydrogens (tertiary/aromatic N) is 3. The largest absolute Gasteiger partial charge is 0.336 e. The number of hydrogen-bond acceptors (Lipinski definition) is 4. The Morgan fingerprint density at radius 2 is 1.49 bits per heavy atom. The van der Waals surface area contributed by atoms with E-state index in [2.05, 4.69) is 29.2 Å². The van der Waals surface area contributed by atoms with Crippen LogP contribution in [0, 0.1) is 0 Å². The smallest absolute Gasteiger partial charge is 0.265 e. The lowest BCUT2D eigenvalue weighted by Crippen LogP contribution is -2.48. The van der Waals surface area contributed by atoms with Crippen LogP contribution in [0.25, 0.3) is 6.08 Å². The Morgan fingerprint density at radius 1 is 0.780 bits per heavy atom. The zero-order chi connectivity index (χ0) is 28.2. The average Bonchev–Trinajstić information content (AvgIpc) is 3.00. The number of piperazine rings is 1. The van der Waals surface area contributed by atoms with Gasteiger partial charge in [0.1, 0.15) is 0 Å². The van der Waals surface area contributed by atoms with Gasteiger partial charge in [0.15, 0.2) is 0 Å². The number of rotatable bonds is 6. The van der Waals surface area contributed by atoms with Crippen LogP contribution in [0.4, 0.5) is 5.69 Å². The van der Waals surface area contributed by atoms with E-state index in [0.717, 1.165) is 41.3 Å². The van der Waals surface area contributed by atoms with Gasteiger partial charge in [-0.25, -0.2) is 0 Å². The lowest BCUT2D eigenvalue weighted by molar-refractivity contribution is -0.114. The number of carbonyl (C=O) groups is 2. The molecule has 2 aliphatic rings. The van der Waals surface area contributed by atoms with Crippen LogP contribution in [0.3, 0.4) is 0 Å². The first-order chi connectivity index (χ1) is 20.0. The molecule has 206 valence electrons. The summed E-state index contributed by atoms with van der Waals surface area (Å²) in [6.07, 6.45) is 1.91. The standard InChI is InChI=1S/C34H30ClN3O2S/c35-29-10-6-9-27(21-29)24-38-30-11-4-5-12-31(30)41-32(34(38)40)22-25-13-15-28(16-14-25)33(39)37-19-17-36(18-20-37)23-26-7-2-1-3-8-26/h1-16,21-22H,17-20,23-24H2. The average molecular weight is 580 g/mol. The number of para-hydroxylation sites is 1.